The molecule has 0 aliphatic carbocycles. The van der Waals surface area contributed by atoms with E-state index in [1.807, 2.05) is 24.3 Å². The van der Waals surface area contributed by atoms with Gasteiger partial charge in [-0.2, -0.15) is 0 Å². The van der Waals surface area contributed by atoms with Crippen molar-refractivity contribution < 1.29 is 4.79 Å². The summed E-state index contributed by atoms with van der Waals surface area (Å²) < 4.78 is 0. The highest BCUT2D eigenvalue weighted by Gasteiger charge is 2.17. The summed E-state index contributed by atoms with van der Waals surface area (Å²) in [4.78, 5) is 21.3. The zero-order valence-electron chi connectivity index (χ0n) is 9.18. The highest BCUT2D eigenvalue weighted by atomic mass is 32.1. The number of carbonyl (C=O) groups excluding carboxylic acids is 1. The topological polar surface area (TPSA) is 107 Å². The molecule has 0 aliphatic rings. The maximum atomic E-state index is 11.5. The van der Waals surface area contributed by atoms with Crippen LogP contribution in [0.2, 0.25) is 0 Å². The second-order valence-electron chi connectivity index (χ2n) is 3.68. The van der Waals surface area contributed by atoms with E-state index in [1.165, 1.54) is 11.3 Å². The van der Waals surface area contributed by atoms with Crippen molar-refractivity contribution in [1.82, 2.24) is 15.4 Å². The van der Waals surface area contributed by atoms with Gasteiger partial charge in [-0.05, 0) is 12.1 Å². The minimum Gasteiger partial charge on any atom is -0.396 e. The molecule has 3 aromatic rings. The summed E-state index contributed by atoms with van der Waals surface area (Å²) in [6.07, 6.45) is 0. The van der Waals surface area contributed by atoms with Gasteiger partial charge in [-0.25, -0.2) is 15.8 Å². The maximum absolute atomic E-state index is 11.5. The van der Waals surface area contributed by atoms with Crippen LogP contribution in [0.4, 0.5) is 5.69 Å². The fourth-order valence-electron chi connectivity index (χ4n) is 1.72. The molecule has 6 nitrogen and oxygen atoms in total. The number of amides is 1. The molecule has 0 unspecified atom stereocenters. The molecule has 0 saturated heterocycles. The lowest BCUT2D eigenvalue weighted by molar-refractivity contribution is 0.0958. The van der Waals surface area contributed by atoms with Crippen molar-refractivity contribution in [3.05, 3.63) is 29.1 Å². The molecule has 5 N–H and O–H groups in total. The van der Waals surface area contributed by atoms with Crippen LogP contribution in [0.15, 0.2) is 24.3 Å². The highest BCUT2D eigenvalue weighted by molar-refractivity contribution is 7.21. The van der Waals surface area contributed by atoms with Gasteiger partial charge in [0.25, 0.3) is 5.91 Å². The van der Waals surface area contributed by atoms with E-state index in [0.29, 0.717) is 20.9 Å². The van der Waals surface area contributed by atoms with Gasteiger partial charge in [0.2, 0.25) is 0 Å². The molecule has 0 saturated carbocycles. The first-order chi connectivity index (χ1) is 8.70. The van der Waals surface area contributed by atoms with Gasteiger partial charge in [-0.15, -0.1) is 11.3 Å². The SMILES string of the molecule is NNC(=O)c1sc2nc3ccccc3nc2c1N. The monoisotopic (exact) mass is 259 g/mol. The quantitative estimate of drug-likeness (QED) is 0.344. The molecule has 0 fully saturated rings. The number of nitrogens with zero attached hydrogens (tertiary/aromatic N) is 2. The summed E-state index contributed by atoms with van der Waals surface area (Å²) in [7, 11) is 0. The van der Waals surface area contributed by atoms with E-state index in [4.69, 9.17) is 11.6 Å². The van der Waals surface area contributed by atoms with Crippen molar-refractivity contribution in [2.75, 3.05) is 5.73 Å². The number of benzene rings is 1. The summed E-state index contributed by atoms with van der Waals surface area (Å²) >= 11 is 1.18. The van der Waals surface area contributed by atoms with Gasteiger partial charge in [0.1, 0.15) is 15.2 Å². The zero-order valence-corrected chi connectivity index (χ0v) is 9.99. The molecular formula is C11H9N5OS. The van der Waals surface area contributed by atoms with Crippen molar-refractivity contribution >= 4 is 44.3 Å². The summed E-state index contributed by atoms with van der Waals surface area (Å²) in [5.74, 6) is 4.68. The minimum atomic E-state index is -0.429. The molecule has 0 spiro atoms. The predicted octanol–water partition coefficient (Wildman–Crippen LogP) is 1.03. The Kier molecular flexibility index (Phi) is 2.35. The average molecular weight is 259 g/mol. The first kappa shape index (κ1) is 10.9. The number of nitrogens with two attached hydrogens (primary N) is 2. The summed E-state index contributed by atoms with van der Waals surface area (Å²) in [6.45, 7) is 0. The minimum absolute atomic E-state index is 0.316. The lowest BCUT2D eigenvalue weighted by Crippen LogP contribution is -2.29. The summed E-state index contributed by atoms with van der Waals surface area (Å²) in [5, 5.41) is 0. The van der Waals surface area contributed by atoms with Crippen LogP contribution in [-0.4, -0.2) is 15.9 Å². The lowest BCUT2D eigenvalue weighted by atomic mass is 10.3. The number of aromatic nitrogens is 2. The number of anilines is 1. The van der Waals surface area contributed by atoms with Crippen LogP contribution in [-0.2, 0) is 0 Å². The first-order valence-electron chi connectivity index (χ1n) is 5.16. The Morgan fingerprint density at radius 2 is 1.89 bits per heavy atom. The molecule has 1 amide bonds. The average Bonchev–Trinajstić information content (AvgIpc) is 2.72. The van der Waals surface area contributed by atoms with Crippen LogP contribution in [0.3, 0.4) is 0 Å². The van der Waals surface area contributed by atoms with Gasteiger partial charge in [0, 0.05) is 0 Å². The van der Waals surface area contributed by atoms with Crippen molar-refractivity contribution in [2.24, 2.45) is 5.84 Å². The molecule has 90 valence electrons. The molecular weight excluding hydrogens is 250 g/mol. The fourth-order valence-corrected chi connectivity index (χ4v) is 2.67. The Hall–Kier alpha value is -2.25. The number of nitrogen functional groups attached to an aromatic ring is 2. The first-order valence-corrected chi connectivity index (χ1v) is 5.98. The fraction of sp³-hybridized carbons (Fsp3) is 0. The molecule has 0 atom stereocenters. The molecule has 18 heavy (non-hydrogen) atoms. The van der Waals surface area contributed by atoms with Gasteiger partial charge >= 0.3 is 0 Å². The van der Waals surface area contributed by atoms with Crippen molar-refractivity contribution in [1.29, 1.82) is 0 Å². The normalized spacial score (nSPS) is 10.9. The number of nitrogens with one attached hydrogen (secondary N) is 1. The Morgan fingerprint density at radius 3 is 2.56 bits per heavy atom. The molecule has 0 bridgehead atoms. The molecule has 0 radical (unpaired) electrons. The number of rotatable bonds is 1. The van der Waals surface area contributed by atoms with Crippen molar-refractivity contribution in [3.8, 4) is 0 Å². The summed E-state index contributed by atoms with van der Waals surface area (Å²) in [5.41, 5.74) is 10.3. The van der Waals surface area contributed by atoms with E-state index < -0.39 is 5.91 Å². The molecule has 7 heteroatoms. The predicted molar refractivity (Wildman–Crippen MR) is 71.0 cm³/mol. The number of hydrogen-bond acceptors (Lipinski definition) is 6. The summed E-state index contributed by atoms with van der Waals surface area (Å²) in [6, 6.07) is 7.47. The van der Waals surface area contributed by atoms with Crippen molar-refractivity contribution in [3.63, 3.8) is 0 Å². The number of hydrazine groups is 1. The van der Waals surface area contributed by atoms with Crippen LogP contribution in [0.5, 0.6) is 0 Å². The van der Waals surface area contributed by atoms with E-state index in [9.17, 15) is 4.79 Å². The van der Waals surface area contributed by atoms with Gasteiger partial charge in [0.05, 0.1) is 16.7 Å². The van der Waals surface area contributed by atoms with E-state index >= 15 is 0 Å². The second-order valence-corrected chi connectivity index (χ2v) is 4.68. The van der Waals surface area contributed by atoms with Gasteiger partial charge in [-0.1, -0.05) is 12.1 Å². The van der Waals surface area contributed by atoms with E-state index in [1.54, 1.807) is 0 Å². The van der Waals surface area contributed by atoms with Gasteiger partial charge in [0.15, 0.2) is 0 Å². The largest absolute Gasteiger partial charge is 0.396 e. The third-order valence-corrected chi connectivity index (χ3v) is 3.66. The maximum Gasteiger partial charge on any atom is 0.277 e. The number of fused-ring (bicyclic) bond motifs is 2. The third kappa shape index (κ3) is 1.49. The van der Waals surface area contributed by atoms with Crippen LogP contribution < -0.4 is 17.0 Å². The Morgan fingerprint density at radius 1 is 1.22 bits per heavy atom. The molecule has 1 aromatic carbocycles. The number of carbonyl (C=O) groups is 1. The molecule has 2 heterocycles. The Balaban J connectivity index is 2.36. The van der Waals surface area contributed by atoms with Crippen LogP contribution in [0.1, 0.15) is 9.67 Å². The van der Waals surface area contributed by atoms with E-state index in [2.05, 4.69) is 15.4 Å². The van der Waals surface area contributed by atoms with Gasteiger partial charge in [-0.3, -0.25) is 10.2 Å². The molecule has 3 rings (SSSR count). The Bertz CT molecular complexity index is 767. The lowest BCUT2D eigenvalue weighted by Gasteiger charge is -1.97. The van der Waals surface area contributed by atoms with E-state index in [0.717, 1.165) is 11.0 Å². The number of thiophene rings is 1. The zero-order chi connectivity index (χ0) is 12.7. The third-order valence-electron chi connectivity index (χ3n) is 2.57. The van der Waals surface area contributed by atoms with E-state index in [-0.39, 0.29) is 0 Å². The molecule has 0 aliphatic heterocycles. The second kappa shape index (κ2) is 3.90. The number of hydrogen-bond donors (Lipinski definition) is 3. The van der Waals surface area contributed by atoms with Crippen LogP contribution in [0.25, 0.3) is 21.4 Å². The Labute approximate surface area is 106 Å². The van der Waals surface area contributed by atoms with Crippen LogP contribution >= 0.6 is 11.3 Å². The van der Waals surface area contributed by atoms with Gasteiger partial charge < -0.3 is 5.73 Å². The van der Waals surface area contributed by atoms with Crippen LogP contribution in [0, 0.1) is 0 Å². The smallest absolute Gasteiger partial charge is 0.277 e. The number of para-hydroxylation sites is 2. The standard InChI is InChI=1S/C11H9N5OS/c12-7-8-11(18-9(7)10(17)16-13)15-6-4-2-1-3-5(6)14-8/h1-4H,12-13H2,(H,16,17). The van der Waals surface area contributed by atoms with Crippen molar-refractivity contribution in [2.45, 2.75) is 0 Å². The molecule has 2 aromatic heterocycles. The highest BCUT2D eigenvalue weighted by Crippen LogP contribution is 2.32.